The molecule has 1 aromatic carbocycles. The summed E-state index contributed by atoms with van der Waals surface area (Å²) in [6.07, 6.45) is 2.56. The van der Waals surface area contributed by atoms with Gasteiger partial charge in [0.1, 0.15) is 0 Å². The third-order valence-corrected chi connectivity index (χ3v) is 3.46. The Labute approximate surface area is 121 Å². The van der Waals surface area contributed by atoms with Gasteiger partial charge in [-0.15, -0.1) is 0 Å². The van der Waals surface area contributed by atoms with E-state index < -0.39 is 0 Å². The third kappa shape index (κ3) is 4.53. The molecule has 1 amide bonds. The second-order valence-corrected chi connectivity index (χ2v) is 5.81. The molecule has 0 bridgehead atoms. The normalized spacial score (nSPS) is 14.8. The standard InChI is InChI=1S/C16H25N3O/c1-13(2)11-17-12-16(20)18-14-5-7-15(8-6-14)19-9-3-4-10-19/h5-8,13,17H,3-4,9-12H2,1-2H3,(H,18,20). The summed E-state index contributed by atoms with van der Waals surface area (Å²) in [5.41, 5.74) is 2.11. The number of hydrogen-bond donors (Lipinski definition) is 2. The summed E-state index contributed by atoms with van der Waals surface area (Å²) in [5, 5.41) is 6.05. The molecule has 0 atom stereocenters. The Morgan fingerprint density at radius 3 is 2.45 bits per heavy atom. The van der Waals surface area contributed by atoms with E-state index in [2.05, 4.69) is 41.5 Å². The summed E-state index contributed by atoms with van der Waals surface area (Å²) in [6, 6.07) is 8.13. The van der Waals surface area contributed by atoms with Crippen LogP contribution in [0.3, 0.4) is 0 Å². The second kappa shape index (κ2) is 7.29. The molecule has 0 radical (unpaired) electrons. The van der Waals surface area contributed by atoms with Crippen molar-refractivity contribution in [3.63, 3.8) is 0 Å². The lowest BCUT2D eigenvalue weighted by Gasteiger charge is -2.17. The first-order valence-corrected chi connectivity index (χ1v) is 7.51. The van der Waals surface area contributed by atoms with E-state index in [9.17, 15) is 4.79 Å². The summed E-state index contributed by atoms with van der Waals surface area (Å²) in [6.45, 7) is 7.77. The lowest BCUT2D eigenvalue weighted by atomic mass is 10.2. The summed E-state index contributed by atoms with van der Waals surface area (Å²) in [5.74, 6) is 0.571. The average Bonchev–Trinajstić information content (AvgIpc) is 2.93. The van der Waals surface area contributed by atoms with Crippen LogP contribution in [-0.4, -0.2) is 32.1 Å². The van der Waals surface area contributed by atoms with Crippen molar-refractivity contribution < 1.29 is 4.79 Å². The molecular formula is C16H25N3O. The highest BCUT2D eigenvalue weighted by Crippen LogP contribution is 2.21. The van der Waals surface area contributed by atoms with Crippen molar-refractivity contribution in [3.8, 4) is 0 Å². The number of hydrogen-bond acceptors (Lipinski definition) is 3. The number of amides is 1. The molecule has 1 heterocycles. The molecule has 0 saturated carbocycles. The highest BCUT2D eigenvalue weighted by molar-refractivity contribution is 5.92. The Morgan fingerprint density at radius 1 is 1.20 bits per heavy atom. The molecule has 1 aliphatic heterocycles. The van der Waals surface area contributed by atoms with E-state index >= 15 is 0 Å². The first-order chi connectivity index (χ1) is 9.65. The molecule has 0 aliphatic carbocycles. The summed E-state index contributed by atoms with van der Waals surface area (Å²) in [7, 11) is 0. The van der Waals surface area contributed by atoms with Gasteiger partial charge in [-0.2, -0.15) is 0 Å². The Balaban J connectivity index is 1.79. The van der Waals surface area contributed by atoms with Gasteiger partial charge in [0.15, 0.2) is 0 Å². The number of anilines is 2. The number of carbonyl (C=O) groups excluding carboxylic acids is 1. The molecule has 1 fully saturated rings. The van der Waals surface area contributed by atoms with Gasteiger partial charge in [-0.05, 0) is 49.6 Å². The van der Waals surface area contributed by atoms with E-state index in [-0.39, 0.29) is 5.91 Å². The SMILES string of the molecule is CC(C)CNCC(=O)Nc1ccc(N2CCCC2)cc1. The molecule has 1 aliphatic rings. The van der Waals surface area contributed by atoms with E-state index in [0.29, 0.717) is 12.5 Å². The van der Waals surface area contributed by atoms with Crippen molar-refractivity contribution in [2.45, 2.75) is 26.7 Å². The number of nitrogens with one attached hydrogen (secondary N) is 2. The lowest BCUT2D eigenvalue weighted by Crippen LogP contribution is -2.30. The first-order valence-electron chi connectivity index (χ1n) is 7.51. The van der Waals surface area contributed by atoms with Crippen molar-refractivity contribution in [3.05, 3.63) is 24.3 Å². The number of benzene rings is 1. The van der Waals surface area contributed by atoms with Crippen LogP contribution in [0.4, 0.5) is 11.4 Å². The summed E-state index contributed by atoms with van der Waals surface area (Å²) in [4.78, 5) is 14.1. The van der Waals surface area contributed by atoms with Crippen LogP contribution in [0.5, 0.6) is 0 Å². The Hall–Kier alpha value is -1.55. The Morgan fingerprint density at radius 2 is 1.85 bits per heavy atom. The van der Waals surface area contributed by atoms with Crippen molar-refractivity contribution in [1.82, 2.24) is 5.32 Å². The number of rotatable bonds is 6. The smallest absolute Gasteiger partial charge is 0.238 e. The van der Waals surface area contributed by atoms with E-state index in [0.717, 1.165) is 25.3 Å². The van der Waals surface area contributed by atoms with Gasteiger partial charge in [0.25, 0.3) is 0 Å². The fourth-order valence-electron chi connectivity index (χ4n) is 2.41. The minimum atomic E-state index is 0.0135. The van der Waals surface area contributed by atoms with Gasteiger partial charge in [-0.25, -0.2) is 0 Å². The predicted octanol–water partition coefficient (Wildman–Crippen LogP) is 2.47. The quantitative estimate of drug-likeness (QED) is 0.838. The van der Waals surface area contributed by atoms with Crippen molar-refractivity contribution in [1.29, 1.82) is 0 Å². The fraction of sp³-hybridized carbons (Fsp3) is 0.562. The molecule has 20 heavy (non-hydrogen) atoms. The van der Waals surface area contributed by atoms with Crippen LogP contribution >= 0.6 is 0 Å². The number of nitrogens with zero attached hydrogens (tertiary/aromatic N) is 1. The minimum Gasteiger partial charge on any atom is -0.372 e. The van der Waals surface area contributed by atoms with Crippen LogP contribution in [-0.2, 0) is 4.79 Å². The van der Waals surface area contributed by atoms with Crippen LogP contribution in [0.2, 0.25) is 0 Å². The zero-order valence-corrected chi connectivity index (χ0v) is 12.5. The van der Waals surface area contributed by atoms with Crippen LogP contribution < -0.4 is 15.5 Å². The van der Waals surface area contributed by atoms with Crippen LogP contribution in [0.15, 0.2) is 24.3 Å². The van der Waals surface area contributed by atoms with Crippen LogP contribution in [0.25, 0.3) is 0 Å². The number of carbonyl (C=O) groups is 1. The molecular weight excluding hydrogens is 250 g/mol. The molecule has 1 aromatic rings. The molecule has 2 N–H and O–H groups in total. The van der Waals surface area contributed by atoms with E-state index in [1.54, 1.807) is 0 Å². The maximum Gasteiger partial charge on any atom is 0.238 e. The predicted molar refractivity (Wildman–Crippen MR) is 84.2 cm³/mol. The van der Waals surface area contributed by atoms with Gasteiger partial charge in [0.2, 0.25) is 5.91 Å². The van der Waals surface area contributed by atoms with Crippen molar-refractivity contribution in [2.24, 2.45) is 5.92 Å². The van der Waals surface area contributed by atoms with Gasteiger partial charge in [-0.1, -0.05) is 13.8 Å². The van der Waals surface area contributed by atoms with Gasteiger partial charge < -0.3 is 15.5 Å². The molecule has 0 spiro atoms. The van der Waals surface area contributed by atoms with E-state index in [1.165, 1.54) is 18.5 Å². The second-order valence-electron chi connectivity index (χ2n) is 5.81. The Bertz CT molecular complexity index is 422. The monoisotopic (exact) mass is 275 g/mol. The maximum absolute atomic E-state index is 11.8. The van der Waals surface area contributed by atoms with Gasteiger partial charge in [0.05, 0.1) is 6.54 Å². The first kappa shape index (κ1) is 14.9. The fourth-order valence-corrected chi connectivity index (χ4v) is 2.41. The van der Waals surface area contributed by atoms with Crippen molar-refractivity contribution >= 4 is 17.3 Å². The van der Waals surface area contributed by atoms with Gasteiger partial charge in [0, 0.05) is 24.5 Å². The maximum atomic E-state index is 11.8. The lowest BCUT2D eigenvalue weighted by molar-refractivity contribution is -0.115. The zero-order valence-electron chi connectivity index (χ0n) is 12.5. The van der Waals surface area contributed by atoms with Gasteiger partial charge in [-0.3, -0.25) is 4.79 Å². The third-order valence-electron chi connectivity index (χ3n) is 3.46. The van der Waals surface area contributed by atoms with E-state index in [1.807, 2.05) is 12.1 Å². The van der Waals surface area contributed by atoms with E-state index in [4.69, 9.17) is 0 Å². The summed E-state index contributed by atoms with van der Waals surface area (Å²) < 4.78 is 0. The van der Waals surface area contributed by atoms with Crippen molar-refractivity contribution in [2.75, 3.05) is 36.4 Å². The molecule has 0 unspecified atom stereocenters. The summed E-state index contributed by atoms with van der Waals surface area (Å²) >= 11 is 0. The zero-order chi connectivity index (χ0) is 14.4. The largest absolute Gasteiger partial charge is 0.372 e. The van der Waals surface area contributed by atoms with Crippen LogP contribution in [0, 0.1) is 5.92 Å². The molecule has 110 valence electrons. The molecule has 0 aromatic heterocycles. The minimum absolute atomic E-state index is 0.0135. The molecule has 4 heteroatoms. The highest BCUT2D eigenvalue weighted by Gasteiger charge is 2.12. The average molecular weight is 275 g/mol. The molecule has 1 saturated heterocycles. The van der Waals surface area contributed by atoms with Crippen LogP contribution in [0.1, 0.15) is 26.7 Å². The molecule has 2 rings (SSSR count). The molecule has 4 nitrogen and oxygen atoms in total. The highest BCUT2D eigenvalue weighted by atomic mass is 16.1. The van der Waals surface area contributed by atoms with Gasteiger partial charge >= 0.3 is 0 Å². The topological polar surface area (TPSA) is 44.4 Å². The Kier molecular flexibility index (Phi) is 5.41.